The molecule has 0 unspecified atom stereocenters. The molecule has 1 N–H and O–H groups in total. The van der Waals surface area contributed by atoms with Crippen LogP contribution in [0.4, 0.5) is 4.79 Å². The van der Waals surface area contributed by atoms with E-state index >= 15 is 0 Å². The van der Waals surface area contributed by atoms with Gasteiger partial charge < -0.3 is 10.1 Å². The lowest BCUT2D eigenvalue weighted by Crippen LogP contribution is -2.33. The van der Waals surface area contributed by atoms with Gasteiger partial charge in [-0.1, -0.05) is 11.8 Å². The molecule has 0 spiro atoms. The number of thioether (sulfide) groups is 1. The average molecular weight is 274 g/mol. The predicted octanol–water partition coefficient (Wildman–Crippen LogP) is 3.15. The average Bonchev–Trinajstić information content (AvgIpc) is 2.67. The summed E-state index contributed by atoms with van der Waals surface area (Å²) in [6.07, 6.45) is 2.35. The van der Waals surface area contributed by atoms with Gasteiger partial charge in [0, 0.05) is 23.9 Å². The van der Waals surface area contributed by atoms with Crippen molar-refractivity contribution in [3.8, 4) is 0 Å². The summed E-state index contributed by atoms with van der Waals surface area (Å²) < 4.78 is 6.19. The Morgan fingerprint density at radius 2 is 2.35 bits per heavy atom. The molecular formula is C11H18N2O2S2. The second-order valence-electron chi connectivity index (χ2n) is 4.43. The van der Waals surface area contributed by atoms with Gasteiger partial charge >= 0.3 is 6.09 Å². The first-order valence-corrected chi connectivity index (χ1v) is 7.33. The van der Waals surface area contributed by atoms with Crippen molar-refractivity contribution in [3.05, 3.63) is 11.6 Å². The third kappa shape index (κ3) is 7.23. The Hall–Kier alpha value is -0.750. The van der Waals surface area contributed by atoms with Gasteiger partial charge in [-0.05, 0) is 27.2 Å². The van der Waals surface area contributed by atoms with Crippen molar-refractivity contribution in [3.63, 3.8) is 0 Å². The first-order chi connectivity index (χ1) is 7.97. The van der Waals surface area contributed by atoms with Crippen molar-refractivity contribution in [2.24, 2.45) is 0 Å². The molecule has 0 fully saturated rings. The number of aromatic nitrogens is 1. The second kappa shape index (κ2) is 6.86. The fourth-order valence-electron chi connectivity index (χ4n) is 1.02. The number of alkyl carbamates (subject to hydrolysis) is 1. The van der Waals surface area contributed by atoms with Gasteiger partial charge in [-0.25, -0.2) is 9.78 Å². The molecule has 0 bridgehead atoms. The number of ether oxygens (including phenoxy) is 1. The highest BCUT2D eigenvalue weighted by atomic mass is 32.2. The van der Waals surface area contributed by atoms with Crippen LogP contribution in [0.25, 0.3) is 0 Å². The fraction of sp³-hybridized carbons (Fsp3) is 0.636. The van der Waals surface area contributed by atoms with Crippen LogP contribution in [0, 0.1) is 0 Å². The largest absolute Gasteiger partial charge is 0.444 e. The molecule has 1 amide bonds. The van der Waals surface area contributed by atoms with Crippen molar-refractivity contribution in [1.82, 2.24) is 10.3 Å². The Balaban J connectivity index is 2.02. The minimum Gasteiger partial charge on any atom is -0.444 e. The molecule has 0 saturated heterocycles. The molecule has 4 nitrogen and oxygen atoms in total. The molecule has 0 aromatic carbocycles. The molecule has 0 radical (unpaired) electrons. The number of carbonyl (C=O) groups is 1. The summed E-state index contributed by atoms with van der Waals surface area (Å²) in [6.45, 7) is 6.19. The van der Waals surface area contributed by atoms with Crippen molar-refractivity contribution in [1.29, 1.82) is 0 Å². The number of nitrogens with one attached hydrogen (secondary N) is 1. The van der Waals surface area contributed by atoms with E-state index in [1.54, 1.807) is 29.3 Å². The molecule has 1 aromatic heterocycles. The molecule has 1 aromatic rings. The van der Waals surface area contributed by atoms with E-state index in [9.17, 15) is 4.79 Å². The van der Waals surface area contributed by atoms with E-state index < -0.39 is 5.60 Å². The normalized spacial score (nSPS) is 11.2. The number of amides is 1. The van der Waals surface area contributed by atoms with E-state index in [0.29, 0.717) is 6.54 Å². The topological polar surface area (TPSA) is 51.2 Å². The van der Waals surface area contributed by atoms with Crippen molar-refractivity contribution < 1.29 is 9.53 Å². The molecule has 96 valence electrons. The highest BCUT2D eigenvalue weighted by Gasteiger charge is 2.15. The number of carbonyl (C=O) groups excluding carboxylic acids is 1. The van der Waals surface area contributed by atoms with E-state index in [2.05, 4.69) is 10.3 Å². The second-order valence-corrected chi connectivity index (χ2v) is 6.67. The molecule has 0 aliphatic carbocycles. The van der Waals surface area contributed by atoms with E-state index in [1.165, 1.54) is 0 Å². The molecule has 0 aliphatic rings. The quantitative estimate of drug-likeness (QED) is 0.662. The zero-order chi connectivity index (χ0) is 12.7. The molecule has 0 aliphatic heterocycles. The van der Waals surface area contributed by atoms with Gasteiger partial charge in [-0.15, -0.1) is 11.3 Å². The minimum absolute atomic E-state index is 0.350. The maximum atomic E-state index is 11.3. The molecule has 1 heterocycles. The Bertz CT molecular complexity index is 334. The first kappa shape index (κ1) is 14.3. The van der Waals surface area contributed by atoms with Gasteiger partial charge in [0.1, 0.15) is 9.94 Å². The van der Waals surface area contributed by atoms with Crippen LogP contribution in [-0.4, -0.2) is 29.0 Å². The zero-order valence-electron chi connectivity index (χ0n) is 10.4. The number of rotatable bonds is 5. The van der Waals surface area contributed by atoms with Gasteiger partial charge in [-0.3, -0.25) is 0 Å². The van der Waals surface area contributed by atoms with Crippen LogP contribution >= 0.6 is 23.1 Å². The molecule has 6 heteroatoms. The van der Waals surface area contributed by atoms with E-state index in [-0.39, 0.29) is 6.09 Å². The predicted molar refractivity (Wildman–Crippen MR) is 71.7 cm³/mol. The van der Waals surface area contributed by atoms with Crippen molar-refractivity contribution in [2.75, 3.05) is 12.3 Å². The first-order valence-electron chi connectivity index (χ1n) is 5.46. The summed E-state index contributed by atoms with van der Waals surface area (Å²) in [5.41, 5.74) is -0.431. The summed E-state index contributed by atoms with van der Waals surface area (Å²) in [5.74, 6) is 0.948. The summed E-state index contributed by atoms with van der Waals surface area (Å²) in [7, 11) is 0. The fourth-order valence-corrected chi connectivity index (χ4v) is 2.67. The van der Waals surface area contributed by atoms with Crippen LogP contribution in [0.15, 0.2) is 15.9 Å². The monoisotopic (exact) mass is 274 g/mol. The third-order valence-electron chi connectivity index (χ3n) is 1.62. The van der Waals surface area contributed by atoms with Crippen LogP contribution in [-0.2, 0) is 4.74 Å². The number of thiazole rings is 1. The molecular weight excluding hydrogens is 256 g/mol. The highest BCUT2D eigenvalue weighted by molar-refractivity contribution is 8.00. The van der Waals surface area contributed by atoms with Crippen molar-refractivity contribution in [2.45, 2.75) is 37.1 Å². The summed E-state index contributed by atoms with van der Waals surface area (Å²) >= 11 is 3.34. The summed E-state index contributed by atoms with van der Waals surface area (Å²) in [6, 6.07) is 0. The van der Waals surface area contributed by atoms with E-state index in [0.717, 1.165) is 16.5 Å². The lowest BCUT2D eigenvalue weighted by Gasteiger charge is -2.19. The summed E-state index contributed by atoms with van der Waals surface area (Å²) in [5, 5.41) is 4.69. The summed E-state index contributed by atoms with van der Waals surface area (Å²) in [4.78, 5) is 15.5. The van der Waals surface area contributed by atoms with Crippen LogP contribution in [0.5, 0.6) is 0 Å². The van der Waals surface area contributed by atoms with Crippen LogP contribution in [0.3, 0.4) is 0 Å². The molecule has 0 saturated carbocycles. The molecule has 17 heavy (non-hydrogen) atoms. The lowest BCUT2D eigenvalue weighted by molar-refractivity contribution is 0.0528. The van der Waals surface area contributed by atoms with Crippen molar-refractivity contribution >= 4 is 29.2 Å². The Morgan fingerprint density at radius 1 is 1.59 bits per heavy atom. The minimum atomic E-state index is -0.431. The zero-order valence-corrected chi connectivity index (χ0v) is 12.0. The Kier molecular flexibility index (Phi) is 5.77. The number of nitrogens with zero attached hydrogens (tertiary/aromatic N) is 1. The van der Waals surface area contributed by atoms with Crippen LogP contribution in [0.1, 0.15) is 27.2 Å². The van der Waals surface area contributed by atoms with Gasteiger partial charge in [0.25, 0.3) is 0 Å². The van der Waals surface area contributed by atoms with Crippen LogP contribution < -0.4 is 5.32 Å². The van der Waals surface area contributed by atoms with E-state index in [1.807, 2.05) is 26.2 Å². The Morgan fingerprint density at radius 3 is 2.94 bits per heavy atom. The standard InChI is InChI=1S/C11H18N2O2S2/c1-11(2,3)15-9(14)12-5-4-7-16-10-13-6-8-17-10/h6,8H,4-5,7H2,1-3H3,(H,12,14). The van der Waals surface area contributed by atoms with E-state index in [4.69, 9.17) is 4.74 Å². The highest BCUT2D eigenvalue weighted by Crippen LogP contribution is 2.20. The number of hydrogen-bond donors (Lipinski definition) is 1. The van der Waals surface area contributed by atoms with Gasteiger partial charge in [0.15, 0.2) is 0 Å². The maximum Gasteiger partial charge on any atom is 0.407 e. The van der Waals surface area contributed by atoms with Crippen LogP contribution in [0.2, 0.25) is 0 Å². The lowest BCUT2D eigenvalue weighted by atomic mass is 10.2. The van der Waals surface area contributed by atoms with Gasteiger partial charge in [-0.2, -0.15) is 0 Å². The molecule has 1 rings (SSSR count). The Labute approximate surface area is 110 Å². The maximum absolute atomic E-state index is 11.3. The van der Waals surface area contributed by atoms with Gasteiger partial charge in [0.2, 0.25) is 0 Å². The third-order valence-corrected chi connectivity index (χ3v) is 3.68. The smallest absolute Gasteiger partial charge is 0.407 e. The SMILES string of the molecule is CC(C)(C)OC(=O)NCCCSc1nccs1. The number of hydrogen-bond acceptors (Lipinski definition) is 5. The van der Waals surface area contributed by atoms with Gasteiger partial charge in [0.05, 0.1) is 0 Å². The molecule has 0 atom stereocenters.